The second-order valence-electron chi connectivity index (χ2n) is 8.66. The summed E-state index contributed by atoms with van der Waals surface area (Å²) in [6.07, 6.45) is 3.41. The fourth-order valence-electron chi connectivity index (χ4n) is 4.43. The number of ether oxygens (including phenoxy) is 5. The molecule has 1 aromatic heterocycles. The third-order valence-electron chi connectivity index (χ3n) is 6.16. The molecular weight excluding hydrogens is 532 g/mol. The van der Waals surface area contributed by atoms with Gasteiger partial charge in [0.05, 0.1) is 49.3 Å². The Labute approximate surface area is 236 Å². The van der Waals surface area contributed by atoms with Crippen LogP contribution in [0.25, 0.3) is 6.08 Å². The number of nitrogens with zero attached hydrogens (tertiary/aromatic N) is 2. The average molecular weight is 565 g/mol. The zero-order valence-corrected chi connectivity index (χ0v) is 24.0. The number of methoxy groups -OCH3 is 2. The summed E-state index contributed by atoms with van der Waals surface area (Å²) < 4.78 is 29.7. The first kappa shape index (κ1) is 28.7. The van der Waals surface area contributed by atoms with Crippen molar-refractivity contribution in [1.29, 1.82) is 0 Å². The summed E-state index contributed by atoms with van der Waals surface area (Å²) in [5, 5.41) is 0. The highest BCUT2D eigenvalue weighted by Gasteiger charge is 2.34. The lowest BCUT2D eigenvalue weighted by Crippen LogP contribution is -2.40. The number of hydrogen-bond donors (Lipinski definition) is 0. The van der Waals surface area contributed by atoms with Crippen LogP contribution in [0.2, 0.25) is 0 Å². The SMILES string of the molecule is C=CCOc1ccc([C@@H]2C(C(=O)OCC)=C(C)N=c3sc(=Cc4ccc(OC)c(OC)c4)c(=O)n32)cc1OCC. The van der Waals surface area contributed by atoms with Crippen molar-refractivity contribution in [2.24, 2.45) is 4.99 Å². The molecule has 0 spiro atoms. The van der Waals surface area contributed by atoms with Crippen molar-refractivity contribution in [2.75, 3.05) is 34.0 Å². The molecule has 0 unspecified atom stereocenters. The van der Waals surface area contributed by atoms with Gasteiger partial charge in [0.15, 0.2) is 27.8 Å². The maximum atomic E-state index is 13.9. The van der Waals surface area contributed by atoms with Gasteiger partial charge in [0, 0.05) is 0 Å². The van der Waals surface area contributed by atoms with E-state index in [1.165, 1.54) is 15.9 Å². The van der Waals surface area contributed by atoms with Crippen molar-refractivity contribution < 1.29 is 28.5 Å². The van der Waals surface area contributed by atoms with E-state index in [-0.39, 0.29) is 17.7 Å². The first-order valence-corrected chi connectivity index (χ1v) is 13.6. The fourth-order valence-corrected chi connectivity index (χ4v) is 5.48. The molecule has 0 aliphatic carbocycles. The van der Waals surface area contributed by atoms with Gasteiger partial charge in [-0.05, 0) is 62.2 Å². The van der Waals surface area contributed by atoms with Crippen LogP contribution in [0.4, 0.5) is 0 Å². The number of benzene rings is 2. The van der Waals surface area contributed by atoms with Crippen molar-refractivity contribution >= 4 is 23.4 Å². The van der Waals surface area contributed by atoms with Gasteiger partial charge >= 0.3 is 5.97 Å². The molecule has 1 atom stereocenters. The van der Waals surface area contributed by atoms with E-state index < -0.39 is 12.0 Å². The van der Waals surface area contributed by atoms with Crippen molar-refractivity contribution in [3.63, 3.8) is 0 Å². The highest BCUT2D eigenvalue weighted by molar-refractivity contribution is 7.07. The molecule has 0 radical (unpaired) electrons. The number of allylic oxidation sites excluding steroid dienone is 1. The molecule has 9 nitrogen and oxygen atoms in total. The summed E-state index contributed by atoms with van der Waals surface area (Å²) in [4.78, 5) is 32.2. The Morgan fingerprint density at radius 1 is 1.02 bits per heavy atom. The number of rotatable bonds is 11. The molecule has 0 saturated carbocycles. The Morgan fingerprint density at radius 2 is 1.77 bits per heavy atom. The standard InChI is InChI=1S/C30H32N2O7S/c1-7-14-39-22-13-11-20(17-24(22)37-8-2)27-26(29(34)38-9-3)18(4)31-30-32(27)28(33)25(40-30)16-19-10-12-21(35-5)23(15-19)36-6/h7,10-13,15-17,27H,1,8-9,14H2,2-6H3/t27-/m1/s1. The van der Waals surface area contributed by atoms with E-state index in [1.807, 2.05) is 19.1 Å². The van der Waals surface area contributed by atoms with Crippen molar-refractivity contribution in [2.45, 2.75) is 26.8 Å². The number of carbonyl (C=O) groups is 1. The van der Waals surface area contributed by atoms with Gasteiger partial charge in [-0.2, -0.15) is 0 Å². The molecular formula is C30H32N2O7S. The molecule has 2 aromatic carbocycles. The Kier molecular flexibility index (Phi) is 9.11. The van der Waals surface area contributed by atoms with Crippen LogP contribution in [0, 0.1) is 0 Å². The summed E-state index contributed by atoms with van der Waals surface area (Å²) >= 11 is 1.24. The molecule has 1 aliphatic rings. The number of aromatic nitrogens is 1. The topological polar surface area (TPSA) is 97.6 Å². The van der Waals surface area contributed by atoms with Gasteiger partial charge in [-0.1, -0.05) is 36.1 Å². The summed E-state index contributed by atoms with van der Waals surface area (Å²) in [5.41, 5.74) is 1.89. The number of hydrogen-bond acceptors (Lipinski definition) is 9. The van der Waals surface area contributed by atoms with E-state index in [1.54, 1.807) is 64.5 Å². The summed E-state index contributed by atoms with van der Waals surface area (Å²) in [7, 11) is 3.12. The van der Waals surface area contributed by atoms with Crippen LogP contribution < -0.4 is 33.8 Å². The van der Waals surface area contributed by atoms with E-state index in [4.69, 9.17) is 23.7 Å². The Hall–Kier alpha value is -4.31. The second kappa shape index (κ2) is 12.7. The number of thiazole rings is 1. The Balaban J connectivity index is 1.92. The van der Waals surface area contributed by atoms with E-state index in [2.05, 4.69) is 11.6 Å². The van der Waals surface area contributed by atoms with E-state index in [0.717, 1.165) is 5.56 Å². The van der Waals surface area contributed by atoms with Crippen LogP contribution >= 0.6 is 11.3 Å². The maximum Gasteiger partial charge on any atom is 0.338 e. The molecule has 10 heteroatoms. The highest BCUT2D eigenvalue weighted by Crippen LogP contribution is 2.36. The maximum absolute atomic E-state index is 13.9. The number of carbonyl (C=O) groups excluding carboxylic acids is 1. The van der Waals surface area contributed by atoms with Crippen LogP contribution in [-0.2, 0) is 9.53 Å². The third kappa shape index (κ3) is 5.67. The quantitative estimate of drug-likeness (QED) is 0.258. The summed E-state index contributed by atoms with van der Waals surface area (Å²) in [5.74, 6) is 1.62. The molecule has 210 valence electrons. The fraction of sp³-hybridized carbons (Fsp3) is 0.300. The number of fused-ring (bicyclic) bond motifs is 1. The van der Waals surface area contributed by atoms with Gasteiger partial charge in [-0.3, -0.25) is 9.36 Å². The smallest absolute Gasteiger partial charge is 0.338 e. The van der Waals surface area contributed by atoms with Gasteiger partial charge in [0.1, 0.15) is 6.61 Å². The first-order chi connectivity index (χ1) is 19.4. The molecule has 2 heterocycles. The molecule has 0 saturated heterocycles. The van der Waals surface area contributed by atoms with Crippen molar-refractivity contribution in [3.05, 3.63) is 91.1 Å². The minimum Gasteiger partial charge on any atom is -0.493 e. The van der Waals surface area contributed by atoms with E-state index in [9.17, 15) is 9.59 Å². The predicted octanol–water partition coefficient (Wildman–Crippen LogP) is 3.78. The number of esters is 1. The van der Waals surface area contributed by atoms with Crippen molar-refractivity contribution in [1.82, 2.24) is 4.57 Å². The highest BCUT2D eigenvalue weighted by atomic mass is 32.1. The molecule has 1 aliphatic heterocycles. The largest absolute Gasteiger partial charge is 0.493 e. The molecule has 40 heavy (non-hydrogen) atoms. The zero-order valence-electron chi connectivity index (χ0n) is 23.2. The van der Waals surface area contributed by atoms with Crippen LogP contribution in [0.5, 0.6) is 23.0 Å². The first-order valence-electron chi connectivity index (χ1n) is 12.8. The van der Waals surface area contributed by atoms with Crippen LogP contribution in [0.15, 0.2) is 70.1 Å². The Morgan fingerprint density at radius 3 is 2.45 bits per heavy atom. The van der Waals surface area contributed by atoms with E-state index >= 15 is 0 Å². The molecule has 0 bridgehead atoms. The zero-order chi connectivity index (χ0) is 28.8. The predicted molar refractivity (Wildman–Crippen MR) is 153 cm³/mol. The Bertz CT molecular complexity index is 1630. The summed E-state index contributed by atoms with van der Waals surface area (Å²) in [6.45, 7) is 9.94. The second-order valence-corrected chi connectivity index (χ2v) is 9.66. The molecule has 3 aromatic rings. The van der Waals surface area contributed by atoms with Gasteiger partial charge in [-0.15, -0.1) is 0 Å². The van der Waals surface area contributed by atoms with Gasteiger partial charge in [-0.25, -0.2) is 9.79 Å². The van der Waals surface area contributed by atoms with Gasteiger partial charge < -0.3 is 23.7 Å². The molecule has 4 rings (SSSR count). The average Bonchev–Trinajstić information content (AvgIpc) is 3.25. The van der Waals surface area contributed by atoms with Gasteiger partial charge in [0.25, 0.3) is 5.56 Å². The minimum absolute atomic E-state index is 0.185. The molecule has 0 N–H and O–H groups in total. The lowest BCUT2D eigenvalue weighted by atomic mass is 9.95. The normalized spacial score (nSPS) is 14.7. The minimum atomic E-state index is -0.782. The lowest BCUT2D eigenvalue weighted by molar-refractivity contribution is -0.139. The van der Waals surface area contributed by atoms with Crippen LogP contribution in [-0.4, -0.2) is 44.6 Å². The third-order valence-corrected chi connectivity index (χ3v) is 7.15. The van der Waals surface area contributed by atoms with E-state index in [0.29, 0.717) is 56.8 Å². The molecule has 0 fully saturated rings. The van der Waals surface area contributed by atoms with Gasteiger partial charge in [0.2, 0.25) is 0 Å². The lowest BCUT2D eigenvalue weighted by Gasteiger charge is -2.25. The summed E-state index contributed by atoms with van der Waals surface area (Å²) in [6, 6.07) is 9.99. The molecule has 0 amide bonds. The van der Waals surface area contributed by atoms with Crippen molar-refractivity contribution in [3.8, 4) is 23.0 Å². The monoisotopic (exact) mass is 564 g/mol. The van der Waals surface area contributed by atoms with Crippen LogP contribution in [0.3, 0.4) is 0 Å². The van der Waals surface area contributed by atoms with Crippen LogP contribution in [0.1, 0.15) is 37.9 Å².